The highest BCUT2D eigenvalue weighted by molar-refractivity contribution is 9.10. The fourth-order valence-corrected chi connectivity index (χ4v) is 4.00. The van der Waals surface area contributed by atoms with E-state index in [2.05, 4.69) is 35.1 Å². The summed E-state index contributed by atoms with van der Waals surface area (Å²) in [6, 6.07) is 3.49. The van der Waals surface area contributed by atoms with Crippen molar-refractivity contribution in [1.29, 1.82) is 0 Å². The first-order valence-electron chi connectivity index (χ1n) is 9.87. The van der Waals surface area contributed by atoms with E-state index in [-0.39, 0.29) is 18.4 Å². The van der Waals surface area contributed by atoms with E-state index in [0.29, 0.717) is 58.0 Å². The number of nitrogens with one attached hydrogen (secondary N) is 1. The second-order valence-corrected chi connectivity index (χ2v) is 8.65. The van der Waals surface area contributed by atoms with Gasteiger partial charge in [-0.05, 0) is 66.1 Å². The zero-order chi connectivity index (χ0) is 21.1. The molecule has 0 aromatic heterocycles. The van der Waals surface area contributed by atoms with Crippen LogP contribution in [0.15, 0.2) is 27.8 Å². The first-order chi connectivity index (χ1) is 13.8. The molecule has 3 N–H and O–H groups in total. The third-order valence-electron chi connectivity index (χ3n) is 5.21. The molecule has 1 aromatic rings. The van der Waals surface area contributed by atoms with Crippen molar-refractivity contribution in [1.82, 2.24) is 0 Å². The Hall–Kier alpha value is -2.35. The maximum Gasteiger partial charge on any atom is 0.265 e. The van der Waals surface area contributed by atoms with E-state index in [0.717, 1.165) is 19.3 Å². The number of hydrogen-bond donors (Lipinski definition) is 2. The second-order valence-electron chi connectivity index (χ2n) is 7.80. The highest BCUT2D eigenvalue weighted by Gasteiger charge is 2.28. The number of hydrogen-bond acceptors (Lipinski definition) is 4. The summed E-state index contributed by atoms with van der Waals surface area (Å²) in [6.07, 6.45) is 3.60. The smallest absolute Gasteiger partial charge is 0.265 e. The molecule has 29 heavy (non-hydrogen) atoms. The number of rotatable bonds is 6. The summed E-state index contributed by atoms with van der Waals surface area (Å²) in [7, 11) is 0. The van der Waals surface area contributed by atoms with E-state index >= 15 is 0 Å². The van der Waals surface area contributed by atoms with Crippen molar-refractivity contribution in [3.05, 3.63) is 27.8 Å². The summed E-state index contributed by atoms with van der Waals surface area (Å²) in [5.74, 6) is 0.0556. The van der Waals surface area contributed by atoms with Crippen LogP contribution in [0.4, 0.5) is 11.4 Å². The monoisotopic (exact) mass is 463 g/mol. The van der Waals surface area contributed by atoms with Gasteiger partial charge in [-0.2, -0.15) is 0 Å². The zero-order valence-corrected chi connectivity index (χ0v) is 18.3. The van der Waals surface area contributed by atoms with E-state index < -0.39 is 5.91 Å². The molecule has 0 bridgehead atoms. The van der Waals surface area contributed by atoms with Gasteiger partial charge < -0.3 is 20.7 Å². The third kappa shape index (κ3) is 4.80. The van der Waals surface area contributed by atoms with E-state index in [1.165, 1.54) is 0 Å². The number of halogens is 1. The van der Waals surface area contributed by atoms with Gasteiger partial charge in [0.2, 0.25) is 5.91 Å². The normalized spacial score (nSPS) is 16.6. The fraction of sp³-hybridized carbons (Fsp3) is 0.476. The van der Waals surface area contributed by atoms with Crippen LogP contribution >= 0.6 is 15.9 Å². The first-order valence-corrected chi connectivity index (χ1v) is 10.7. The van der Waals surface area contributed by atoms with Crippen molar-refractivity contribution in [2.24, 2.45) is 11.7 Å². The molecular weight excluding hydrogens is 438 g/mol. The predicted octanol–water partition coefficient (Wildman–Crippen LogP) is 3.52. The van der Waals surface area contributed by atoms with Crippen molar-refractivity contribution in [2.75, 3.05) is 23.4 Å². The van der Waals surface area contributed by atoms with Crippen molar-refractivity contribution in [3.8, 4) is 5.75 Å². The number of anilines is 2. The molecule has 2 aliphatic rings. The minimum absolute atomic E-state index is 0.00189. The van der Waals surface area contributed by atoms with Crippen molar-refractivity contribution in [3.63, 3.8) is 0 Å². The topological polar surface area (TPSA) is 102 Å². The van der Waals surface area contributed by atoms with Crippen LogP contribution in [0.25, 0.3) is 0 Å². The molecule has 1 aliphatic carbocycles. The lowest BCUT2D eigenvalue weighted by atomic mass is 9.90. The van der Waals surface area contributed by atoms with Crippen LogP contribution < -0.4 is 20.7 Å². The van der Waals surface area contributed by atoms with Crippen LogP contribution in [0.1, 0.15) is 46.0 Å². The number of nitrogens with two attached hydrogens (primary N) is 1. The molecule has 0 unspecified atom stereocenters. The standard InChI is InChI=1S/C21H26BrN3O4/c1-12(2)7-8-25-17-10-16(15(22)9-18(17)29-11-19(25)26)24-21(28)14-6-4-3-5-13(14)20(23)27/h9-10,12H,3-8,11H2,1-2H3,(H2,23,27)(H,24,28). The molecule has 8 heteroatoms. The van der Waals surface area contributed by atoms with Crippen LogP contribution in [0.2, 0.25) is 0 Å². The minimum Gasteiger partial charge on any atom is -0.482 e. The Labute approximate surface area is 178 Å². The third-order valence-corrected chi connectivity index (χ3v) is 5.87. The molecule has 1 heterocycles. The van der Waals surface area contributed by atoms with E-state index in [1.807, 2.05) is 0 Å². The van der Waals surface area contributed by atoms with Gasteiger partial charge in [-0.3, -0.25) is 14.4 Å². The van der Waals surface area contributed by atoms with Crippen LogP contribution in [-0.4, -0.2) is 30.9 Å². The van der Waals surface area contributed by atoms with Gasteiger partial charge in [-0.1, -0.05) is 13.8 Å². The summed E-state index contributed by atoms with van der Waals surface area (Å²) in [6.45, 7) is 4.79. The largest absolute Gasteiger partial charge is 0.482 e. The minimum atomic E-state index is -0.543. The number of nitrogens with zero attached hydrogens (tertiary/aromatic N) is 1. The lowest BCUT2D eigenvalue weighted by molar-refractivity contribution is -0.121. The van der Waals surface area contributed by atoms with Crippen molar-refractivity contribution in [2.45, 2.75) is 46.0 Å². The summed E-state index contributed by atoms with van der Waals surface area (Å²) in [5, 5.41) is 2.87. The highest BCUT2D eigenvalue weighted by atomic mass is 79.9. The van der Waals surface area contributed by atoms with Gasteiger partial charge in [0, 0.05) is 22.2 Å². The summed E-state index contributed by atoms with van der Waals surface area (Å²) in [5.41, 5.74) is 7.45. The second kappa shape index (κ2) is 8.98. The Morgan fingerprint density at radius 1 is 1.24 bits per heavy atom. The molecular formula is C21H26BrN3O4. The number of carbonyl (C=O) groups is 3. The molecule has 0 saturated carbocycles. The Morgan fingerprint density at radius 2 is 1.93 bits per heavy atom. The van der Waals surface area contributed by atoms with Crippen molar-refractivity contribution >= 4 is 45.0 Å². The Kier molecular flexibility index (Phi) is 6.62. The quantitative estimate of drug-likeness (QED) is 0.673. The zero-order valence-electron chi connectivity index (χ0n) is 16.7. The van der Waals surface area contributed by atoms with Gasteiger partial charge in [0.25, 0.3) is 11.8 Å². The van der Waals surface area contributed by atoms with Crippen LogP contribution in [0.3, 0.4) is 0 Å². The highest BCUT2D eigenvalue weighted by Crippen LogP contribution is 2.40. The number of amides is 3. The SMILES string of the molecule is CC(C)CCN1C(=O)COc2cc(Br)c(NC(=O)C3=C(C(N)=O)CCCC3)cc21. The molecule has 3 amide bonds. The summed E-state index contributed by atoms with van der Waals surface area (Å²) in [4.78, 5) is 38.7. The van der Waals surface area contributed by atoms with Crippen LogP contribution in [0, 0.1) is 5.92 Å². The average molecular weight is 464 g/mol. The fourth-order valence-electron chi connectivity index (χ4n) is 3.58. The van der Waals surface area contributed by atoms with Gasteiger partial charge in [-0.15, -0.1) is 0 Å². The van der Waals surface area contributed by atoms with Crippen LogP contribution in [-0.2, 0) is 14.4 Å². The van der Waals surface area contributed by atoms with Crippen LogP contribution in [0.5, 0.6) is 5.75 Å². The molecule has 0 saturated heterocycles. The maximum absolute atomic E-state index is 12.9. The summed E-state index contributed by atoms with van der Waals surface area (Å²) < 4.78 is 6.21. The van der Waals surface area contributed by atoms with Gasteiger partial charge in [0.05, 0.1) is 11.4 Å². The van der Waals surface area contributed by atoms with Gasteiger partial charge in [-0.25, -0.2) is 0 Å². The number of carbonyl (C=O) groups excluding carboxylic acids is 3. The van der Waals surface area contributed by atoms with E-state index in [1.54, 1.807) is 17.0 Å². The molecule has 0 fully saturated rings. The van der Waals surface area contributed by atoms with Gasteiger partial charge in [0.15, 0.2) is 6.61 Å². The molecule has 3 rings (SSSR count). The number of benzene rings is 1. The average Bonchev–Trinajstić information content (AvgIpc) is 2.68. The van der Waals surface area contributed by atoms with Gasteiger partial charge in [0.1, 0.15) is 5.75 Å². The lowest BCUT2D eigenvalue weighted by Crippen LogP contribution is -2.39. The molecule has 0 spiro atoms. The Morgan fingerprint density at radius 3 is 2.59 bits per heavy atom. The maximum atomic E-state index is 12.9. The molecule has 0 atom stereocenters. The Bertz CT molecular complexity index is 879. The van der Waals surface area contributed by atoms with E-state index in [4.69, 9.17) is 10.5 Å². The number of primary amides is 1. The predicted molar refractivity (Wildman–Crippen MR) is 115 cm³/mol. The molecule has 7 nitrogen and oxygen atoms in total. The lowest BCUT2D eigenvalue weighted by Gasteiger charge is -2.31. The van der Waals surface area contributed by atoms with Gasteiger partial charge >= 0.3 is 0 Å². The summed E-state index contributed by atoms with van der Waals surface area (Å²) >= 11 is 3.46. The number of fused-ring (bicyclic) bond motifs is 1. The molecule has 156 valence electrons. The molecule has 1 aromatic carbocycles. The molecule has 0 radical (unpaired) electrons. The number of ether oxygens (including phenoxy) is 1. The van der Waals surface area contributed by atoms with E-state index in [9.17, 15) is 14.4 Å². The first kappa shape index (κ1) is 21.4. The Balaban J connectivity index is 1.90. The van der Waals surface area contributed by atoms with Crippen molar-refractivity contribution < 1.29 is 19.1 Å². The molecule has 1 aliphatic heterocycles.